The molecule has 0 unspecified atom stereocenters. The van der Waals surface area contributed by atoms with Gasteiger partial charge in [0.25, 0.3) is 5.91 Å². The number of nitrogens with zero attached hydrogens (tertiary/aromatic N) is 1. The first-order valence-corrected chi connectivity index (χ1v) is 15.9. The summed E-state index contributed by atoms with van der Waals surface area (Å²) >= 11 is 0. The number of amides is 2. The van der Waals surface area contributed by atoms with Gasteiger partial charge in [-0.25, -0.2) is 8.42 Å². The second-order valence-electron chi connectivity index (χ2n) is 12.5. The topological polar surface area (TPSA) is 122 Å². The van der Waals surface area contributed by atoms with Crippen molar-refractivity contribution in [3.8, 4) is 5.75 Å². The molecule has 0 radical (unpaired) electrons. The zero-order valence-corrected chi connectivity index (χ0v) is 24.0. The number of methoxy groups -OCH3 is 1. The summed E-state index contributed by atoms with van der Waals surface area (Å²) in [7, 11) is -2.20. The molecule has 1 aliphatic heterocycles. The number of ether oxygens (including phenoxy) is 1. The lowest BCUT2D eigenvalue weighted by atomic mass is 9.70. The highest BCUT2D eigenvalue weighted by molar-refractivity contribution is 7.89. The number of Topliss-reactive ketones (excluding diaryl/α,β-unsaturated/α-hetero) is 1. The highest BCUT2D eigenvalue weighted by Crippen LogP contribution is 2.64. The number of ketones is 1. The lowest BCUT2D eigenvalue weighted by Gasteiger charge is -2.38. The van der Waals surface area contributed by atoms with Crippen molar-refractivity contribution < 1.29 is 27.5 Å². The summed E-state index contributed by atoms with van der Waals surface area (Å²) in [6.45, 7) is 4.39. The van der Waals surface area contributed by atoms with Gasteiger partial charge in [0.15, 0.2) is 0 Å². The van der Waals surface area contributed by atoms with Crippen LogP contribution < -0.4 is 15.4 Å². The first-order chi connectivity index (χ1) is 18.5. The van der Waals surface area contributed by atoms with E-state index in [-0.39, 0.29) is 46.8 Å². The van der Waals surface area contributed by atoms with Crippen molar-refractivity contribution in [1.82, 2.24) is 14.9 Å². The minimum absolute atomic E-state index is 0.0258. The second kappa shape index (κ2) is 10.5. The molecule has 0 aromatic heterocycles. The molecule has 3 aliphatic carbocycles. The van der Waals surface area contributed by atoms with Gasteiger partial charge in [0, 0.05) is 36.0 Å². The fourth-order valence-corrected chi connectivity index (χ4v) is 9.99. The molecule has 4 fully saturated rings. The average Bonchev–Trinajstić information content (AvgIpc) is 3.55. The fourth-order valence-electron chi connectivity index (χ4n) is 7.53. The number of rotatable bonds is 8. The van der Waals surface area contributed by atoms with Gasteiger partial charge in [-0.05, 0) is 87.0 Å². The van der Waals surface area contributed by atoms with Crippen molar-refractivity contribution in [2.45, 2.75) is 89.8 Å². The summed E-state index contributed by atoms with van der Waals surface area (Å²) in [5.41, 5.74) is -0.603. The molecule has 1 aromatic carbocycles. The summed E-state index contributed by atoms with van der Waals surface area (Å²) in [5, 5.41) is 6.17. The smallest absolute Gasteiger partial charge is 0.251 e. The maximum absolute atomic E-state index is 13.7. The van der Waals surface area contributed by atoms with E-state index >= 15 is 0 Å². The molecule has 3 atom stereocenters. The van der Waals surface area contributed by atoms with E-state index in [1.807, 2.05) is 13.8 Å². The number of benzene rings is 1. The van der Waals surface area contributed by atoms with E-state index in [1.165, 1.54) is 4.31 Å². The molecule has 214 valence electrons. The Bertz CT molecular complexity index is 1220. The third-order valence-corrected chi connectivity index (χ3v) is 12.2. The number of hydrogen-bond acceptors (Lipinski definition) is 6. The van der Waals surface area contributed by atoms with Crippen LogP contribution >= 0.6 is 0 Å². The molecule has 2 bridgehead atoms. The number of fused-ring (bicyclic) bond motifs is 2. The zero-order chi connectivity index (χ0) is 28.0. The molecule has 1 aromatic rings. The zero-order valence-electron chi connectivity index (χ0n) is 23.2. The normalized spacial score (nSPS) is 32.2. The quantitative estimate of drug-likeness (QED) is 0.505. The summed E-state index contributed by atoms with van der Waals surface area (Å²) < 4.78 is 33.8. The van der Waals surface area contributed by atoms with Crippen LogP contribution in [0.1, 0.15) is 82.0 Å². The van der Waals surface area contributed by atoms with E-state index in [0.717, 1.165) is 19.3 Å². The highest BCUT2D eigenvalue weighted by atomic mass is 32.2. The van der Waals surface area contributed by atoms with E-state index in [9.17, 15) is 22.8 Å². The van der Waals surface area contributed by atoms with E-state index in [1.54, 1.807) is 31.4 Å². The summed E-state index contributed by atoms with van der Waals surface area (Å²) in [6.07, 6.45) is 6.00. The minimum atomic E-state index is -3.78. The van der Waals surface area contributed by atoms with E-state index < -0.39 is 21.5 Å². The summed E-state index contributed by atoms with van der Waals surface area (Å²) in [4.78, 5) is 38.8. The van der Waals surface area contributed by atoms with Gasteiger partial charge in [-0.15, -0.1) is 0 Å². The third kappa shape index (κ3) is 5.10. The van der Waals surface area contributed by atoms with Crippen LogP contribution in [-0.4, -0.2) is 67.9 Å². The van der Waals surface area contributed by atoms with E-state index in [4.69, 9.17) is 4.74 Å². The second-order valence-corrected chi connectivity index (χ2v) is 14.4. The molecule has 39 heavy (non-hydrogen) atoms. The average molecular weight is 560 g/mol. The monoisotopic (exact) mass is 559 g/mol. The van der Waals surface area contributed by atoms with Crippen molar-refractivity contribution in [3.63, 3.8) is 0 Å². The van der Waals surface area contributed by atoms with Crippen molar-refractivity contribution in [2.75, 3.05) is 19.4 Å². The van der Waals surface area contributed by atoms with Crippen LogP contribution in [0.5, 0.6) is 5.75 Å². The molecular weight excluding hydrogens is 518 g/mol. The van der Waals surface area contributed by atoms with E-state index in [0.29, 0.717) is 56.4 Å². The van der Waals surface area contributed by atoms with Gasteiger partial charge in [0.1, 0.15) is 17.6 Å². The van der Waals surface area contributed by atoms with Gasteiger partial charge in [0.2, 0.25) is 15.9 Å². The Morgan fingerprint density at radius 3 is 2.21 bits per heavy atom. The minimum Gasteiger partial charge on any atom is -0.497 e. The van der Waals surface area contributed by atoms with Crippen LogP contribution in [0.15, 0.2) is 24.3 Å². The molecule has 1 saturated heterocycles. The Morgan fingerprint density at radius 2 is 1.64 bits per heavy atom. The molecule has 3 saturated carbocycles. The van der Waals surface area contributed by atoms with Crippen LogP contribution in [0.4, 0.5) is 0 Å². The Kier molecular flexibility index (Phi) is 7.56. The summed E-state index contributed by atoms with van der Waals surface area (Å²) in [6, 6.07) is 6.22. The molecule has 0 spiro atoms. The molecule has 10 heteroatoms. The van der Waals surface area contributed by atoms with Crippen molar-refractivity contribution >= 4 is 27.6 Å². The van der Waals surface area contributed by atoms with Gasteiger partial charge in [-0.3, -0.25) is 14.4 Å². The Balaban J connectivity index is 1.15. The highest BCUT2D eigenvalue weighted by Gasteiger charge is 2.66. The van der Waals surface area contributed by atoms with Gasteiger partial charge in [-0.1, -0.05) is 13.8 Å². The Morgan fingerprint density at radius 1 is 1.00 bits per heavy atom. The molecule has 1 heterocycles. The standard InChI is InChI=1S/C29H41N3O6S/c1-28(2)20-14-15-29(28,25(33)17-20)18-39(36,37)32-16-4-5-24(32)27(35)31-22-10-8-21(9-11-22)30-26(34)19-6-12-23(38-3)13-7-19/h6-7,12-13,20-22,24H,4-5,8-11,14-18H2,1-3H3,(H,30,34)(H,31,35)/t20-,21?,22?,24-,29+/m0/s1. The van der Waals surface area contributed by atoms with Gasteiger partial charge in [-0.2, -0.15) is 4.31 Å². The number of carbonyl (C=O) groups is 3. The van der Waals surface area contributed by atoms with Crippen LogP contribution in [0, 0.1) is 16.7 Å². The van der Waals surface area contributed by atoms with Crippen molar-refractivity contribution in [1.29, 1.82) is 0 Å². The third-order valence-electron chi connectivity index (χ3n) is 10.2. The maximum atomic E-state index is 13.7. The molecule has 2 N–H and O–H groups in total. The Labute approximate surface area is 231 Å². The molecule has 5 rings (SSSR count). The molecule has 4 aliphatic rings. The van der Waals surface area contributed by atoms with E-state index in [2.05, 4.69) is 10.6 Å². The molecule has 9 nitrogen and oxygen atoms in total. The first kappa shape index (κ1) is 28.1. The Hall–Kier alpha value is -2.46. The predicted octanol–water partition coefficient (Wildman–Crippen LogP) is 3.04. The fraction of sp³-hybridized carbons (Fsp3) is 0.690. The lowest BCUT2D eigenvalue weighted by molar-refractivity contribution is -0.128. The maximum Gasteiger partial charge on any atom is 0.251 e. The SMILES string of the molecule is COc1ccc(C(=O)NC2CCC(NC(=O)[C@@H]3CCCN3S(=O)(=O)C[C@]34CC[C@@H](CC3=O)C4(C)C)CC2)cc1. The van der Waals surface area contributed by atoms with Gasteiger partial charge < -0.3 is 15.4 Å². The predicted molar refractivity (Wildman–Crippen MR) is 147 cm³/mol. The summed E-state index contributed by atoms with van der Waals surface area (Å²) in [5.74, 6) is 0.441. The lowest BCUT2D eigenvalue weighted by Crippen LogP contribution is -2.53. The van der Waals surface area contributed by atoms with Gasteiger partial charge in [0.05, 0.1) is 12.9 Å². The largest absolute Gasteiger partial charge is 0.497 e. The van der Waals surface area contributed by atoms with Crippen molar-refractivity contribution in [2.24, 2.45) is 16.7 Å². The van der Waals surface area contributed by atoms with Crippen LogP contribution in [0.25, 0.3) is 0 Å². The number of sulfonamides is 1. The van der Waals surface area contributed by atoms with Crippen LogP contribution in [-0.2, 0) is 19.6 Å². The first-order valence-electron chi connectivity index (χ1n) is 14.2. The van der Waals surface area contributed by atoms with Crippen LogP contribution in [0.2, 0.25) is 0 Å². The molecule has 2 amide bonds. The number of carbonyl (C=O) groups excluding carboxylic acids is 3. The van der Waals surface area contributed by atoms with Gasteiger partial charge >= 0.3 is 0 Å². The molecular formula is C29H41N3O6S. The number of nitrogens with one attached hydrogen (secondary N) is 2. The van der Waals surface area contributed by atoms with Crippen molar-refractivity contribution in [3.05, 3.63) is 29.8 Å². The van der Waals surface area contributed by atoms with Crippen LogP contribution in [0.3, 0.4) is 0 Å². The number of hydrogen-bond donors (Lipinski definition) is 2.